The molecule has 0 aromatic carbocycles. The summed E-state index contributed by atoms with van der Waals surface area (Å²) in [4.78, 5) is 0. The number of rotatable bonds is 1. The molecule has 0 spiro atoms. The third-order valence-corrected chi connectivity index (χ3v) is 2.10. The molecular formula is C9H16ClN. The molecule has 1 nitrogen and oxygen atoms in total. The van der Waals surface area contributed by atoms with E-state index < -0.39 is 0 Å². The van der Waals surface area contributed by atoms with E-state index in [-0.39, 0.29) is 12.4 Å². The zero-order valence-electron chi connectivity index (χ0n) is 6.81. The first kappa shape index (κ1) is 10.8. The van der Waals surface area contributed by atoms with E-state index >= 15 is 0 Å². The van der Waals surface area contributed by atoms with Crippen LogP contribution in [0.1, 0.15) is 25.7 Å². The van der Waals surface area contributed by atoms with Crippen molar-refractivity contribution >= 4 is 12.4 Å². The molecule has 1 aliphatic heterocycles. The van der Waals surface area contributed by atoms with Gasteiger partial charge in [-0.05, 0) is 38.3 Å². The molecule has 1 unspecified atom stereocenters. The van der Waals surface area contributed by atoms with Crippen LogP contribution in [-0.4, -0.2) is 13.1 Å². The van der Waals surface area contributed by atoms with Crippen molar-refractivity contribution in [2.75, 3.05) is 13.1 Å². The highest BCUT2D eigenvalue weighted by molar-refractivity contribution is 5.85. The minimum Gasteiger partial charge on any atom is -0.317 e. The smallest absolute Gasteiger partial charge is 0.0115 e. The number of nitrogens with one attached hydrogen (secondary N) is 1. The van der Waals surface area contributed by atoms with Gasteiger partial charge in [-0.3, -0.25) is 0 Å². The normalized spacial score (nSPS) is 24.5. The van der Waals surface area contributed by atoms with E-state index in [9.17, 15) is 0 Å². The summed E-state index contributed by atoms with van der Waals surface area (Å²) in [6, 6.07) is 0. The SMILES string of the molecule is C#CCC1CCCNCC1.Cl. The van der Waals surface area contributed by atoms with Crippen molar-refractivity contribution in [3.8, 4) is 12.3 Å². The molecule has 0 amide bonds. The average molecular weight is 174 g/mol. The van der Waals surface area contributed by atoms with Crippen molar-refractivity contribution in [2.45, 2.75) is 25.7 Å². The lowest BCUT2D eigenvalue weighted by atomic mass is 9.98. The minimum atomic E-state index is 0. The summed E-state index contributed by atoms with van der Waals surface area (Å²) >= 11 is 0. The molecule has 1 fully saturated rings. The number of hydrogen-bond acceptors (Lipinski definition) is 1. The van der Waals surface area contributed by atoms with Gasteiger partial charge in [0, 0.05) is 6.42 Å². The van der Waals surface area contributed by atoms with Crippen molar-refractivity contribution < 1.29 is 0 Å². The lowest BCUT2D eigenvalue weighted by molar-refractivity contribution is 0.485. The molecule has 64 valence electrons. The highest BCUT2D eigenvalue weighted by atomic mass is 35.5. The lowest BCUT2D eigenvalue weighted by Crippen LogP contribution is -2.13. The Morgan fingerprint density at radius 3 is 2.91 bits per heavy atom. The fourth-order valence-electron chi connectivity index (χ4n) is 1.46. The Morgan fingerprint density at radius 1 is 1.36 bits per heavy atom. The Kier molecular flexibility index (Phi) is 6.40. The van der Waals surface area contributed by atoms with Gasteiger partial charge in [0.2, 0.25) is 0 Å². The summed E-state index contributed by atoms with van der Waals surface area (Å²) in [6.07, 6.45) is 10.1. The maximum Gasteiger partial charge on any atom is 0.0115 e. The average Bonchev–Trinajstić information content (AvgIpc) is 2.17. The quantitative estimate of drug-likeness (QED) is 0.597. The minimum absolute atomic E-state index is 0. The van der Waals surface area contributed by atoms with Crippen molar-refractivity contribution in [1.29, 1.82) is 0 Å². The molecule has 1 N–H and O–H groups in total. The molecule has 0 aliphatic carbocycles. The third kappa shape index (κ3) is 4.29. The van der Waals surface area contributed by atoms with Gasteiger partial charge in [0.25, 0.3) is 0 Å². The van der Waals surface area contributed by atoms with E-state index in [0.717, 1.165) is 18.9 Å². The van der Waals surface area contributed by atoms with Crippen molar-refractivity contribution in [3.05, 3.63) is 0 Å². The molecule has 1 rings (SSSR count). The second-order valence-corrected chi connectivity index (χ2v) is 2.96. The van der Waals surface area contributed by atoms with Crippen LogP contribution in [0, 0.1) is 18.3 Å². The topological polar surface area (TPSA) is 12.0 Å². The summed E-state index contributed by atoms with van der Waals surface area (Å²) in [6.45, 7) is 2.34. The fraction of sp³-hybridized carbons (Fsp3) is 0.778. The molecule has 1 heterocycles. The fourth-order valence-corrected chi connectivity index (χ4v) is 1.46. The number of terminal acetylenes is 1. The van der Waals surface area contributed by atoms with E-state index in [1.807, 2.05) is 0 Å². The molecule has 1 aliphatic rings. The summed E-state index contributed by atoms with van der Waals surface area (Å²) in [5.41, 5.74) is 0. The van der Waals surface area contributed by atoms with Crippen molar-refractivity contribution in [2.24, 2.45) is 5.92 Å². The first-order valence-electron chi connectivity index (χ1n) is 4.07. The van der Waals surface area contributed by atoms with Crippen LogP contribution >= 0.6 is 12.4 Å². The van der Waals surface area contributed by atoms with E-state index in [4.69, 9.17) is 6.42 Å². The van der Waals surface area contributed by atoms with Gasteiger partial charge < -0.3 is 5.32 Å². The maximum absolute atomic E-state index is 5.24. The van der Waals surface area contributed by atoms with Crippen LogP contribution in [-0.2, 0) is 0 Å². The molecule has 11 heavy (non-hydrogen) atoms. The lowest BCUT2D eigenvalue weighted by Gasteiger charge is -2.07. The van der Waals surface area contributed by atoms with Crippen molar-refractivity contribution in [1.82, 2.24) is 5.32 Å². The first-order chi connectivity index (χ1) is 4.93. The van der Waals surface area contributed by atoms with Gasteiger partial charge in [-0.1, -0.05) is 0 Å². The summed E-state index contributed by atoms with van der Waals surface area (Å²) < 4.78 is 0. The molecule has 0 radical (unpaired) electrons. The summed E-state index contributed by atoms with van der Waals surface area (Å²) in [7, 11) is 0. The van der Waals surface area contributed by atoms with Gasteiger partial charge in [0.05, 0.1) is 0 Å². The Morgan fingerprint density at radius 2 is 2.18 bits per heavy atom. The second-order valence-electron chi connectivity index (χ2n) is 2.96. The Balaban J connectivity index is 0.000001000. The van der Waals surface area contributed by atoms with Crippen LogP contribution in [0.2, 0.25) is 0 Å². The highest BCUT2D eigenvalue weighted by Gasteiger charge is 2.09. The van der Waals surface area contributed by atoms with Crippen LogP contribution in [0.5, 0.6) is 0 Å². The standard InChI is InChI=1S/C9H15N.ClH/c1-2-4-9-5-3-7-10-8-6-9;/h1,9-10H,3-8H2;1H. The van der Waals surface area contributed by atoms with E-state index in [0.29, 0.717) is 0 Å². The Labute approximate surface area is 75.4 Å². The first-order valence-corrected chi connectivity index (χ1v) is 4.07. The van der Waals surface area contributed by atoms with E-state index in [2.05, 4.69) is 11.2 Å². The van der Waals surface area contributed by atoms with Crippen molar-refractivity contribution in [3.63, 3.8) is 0 Å². The second kappa shape index (κ2) is 6.52. The molecule has 1 atom stereocenters. The third-order valence-electron chi connectivity index (χ3n) is 2.10. The zero-order valence-corrected chi connectivity index (χ0v) is 7.62. The van der Waals surface area contributed by atoms with Crippen LogP contribution in [0.25, 0.3) is 0 Å². The molecule has 0 aromatic rings. The van der Waals surface area contributed by atoms with E-state index in [1.54, 1.807) is 0 Å². The Hall–Kier alpha value is -0.190. The van der Waals surface area contributed by atoms with Gasteiger partial charge in [-0.25, -0.2) is 0 Å². The Bertz CT molecular complexity index is 120. The molecular weight excluding hydrogens is 158 g/mol. The highest BCUT2D eigenvalue weighted by Crippen LogP contribution is 2.15. The largest absolute Gasteiger partial charge is 0.317 e. The van der Waals surface area contributed by atoms with E-state index in [1.165, 1.54) is 25.8 Å². The van der Waals surface area contributed by atoms with Crippen LogP contribution < -0.4 is 5.32 Å². The van der Waals surface area contributed by atoms with Gasteiger partial charge in [0.1, 0.15) is 0 Å². The summed E-state index contributed by atoms with van der Waals surface area (Å²) in [5, 5.41) is 3.37. The summed E-state index contributed by atoms with van der Waals surface area (Å²) in [5.74, 6) is 3.53. The van der Waals surface area contributed by atoms with Gasteiger partial charge in [-0.2, -0.15) is 0 Å². The van der Waals surface area contributed by atoms with Gasteiger partial charge in [-0.15, -0.1) is 24.8 Å². The predicted molar refractivity (Wildman–Crippen MR) is 50.9 cm³/mol. The molecule has 0 saturated carbocycles. The molecule has 2 heteroatoms. The zero-order chi connectivity index (χ0) is 7.23. The molecule has 0 bridgehead atoms. The monoisotopic (exact) mass is 173 g/mol. The number of hydrogen-bond donors (Lipinski definition) is 1. The van der Waals surface area contributed by atoms with Crippen LogP contribution in [0.15, 0.2) is 0 Å². The molecule has 0 aromatic heterocycles. The van der Waals surface area contributed by atoms with Crippen LogP contribution in [0.3, 0.4) is 0 Å². The van der Waals surface area contributed by atoms with Crippen LogP contribution in [0.4, 0.5) is 0 Å². The molecule has 1 saturated heterocycles. The van der Waals surface area contributed by atoms with Gasteiger partial charge >= 0.3 is 0 Å². The number of halogens is 1. The van der Waals surface area contributed by atoms with Gasteiger partial charge in [0.15, 0.2) is 0 Å². The maximum atomic E-state index is 5.24. The predicted octanol–water partition coefficient (Wildman–Crippen LogP) is 1.82.